The third-order valence-electron chi connectivity index (χ3n) is 7.18. The molecule has 2 aliphatic rings. The molecule has 1 unspecified atom stereocenters. The van der Waals surface area contributed by atoms with E-state index in [-0.39, 0.29) is 28.9 Å². The number of hydrogen-bond donors (Lipinski definition) is 0. The zero-order valence-corrected chi connectivity index (χ0v) is 21.0. The molecule has 0 fully saturated rings. The van der Waals surface area contributed by atoms with Gasteiger partial charge in [-0.05, 0) is 42.5 Å². The maximum Gasteiger partial charge on any atom is 0.273 e. The van der Waals surface area contributed by atoms with Crippen LogP contribution in [-0.2, 0) is 11.3 Å². The molecule has 8 heteroatoms. The van der Waals surface area contributed by atoms with E-state index >= 15 is 4.39 Å². The maximum absolute atomic E-state index is 15.2. The van der Waals surface area contributed by atoms with Crippen molar-refractivity contribution >= 4 is 40.1 Å². The summed E-state index contributed by atoms with van der Waals surface area (Å²) in [7, 11) is 0. The number of para-hydroxylation sites is 2. The predicted octanol–water partition coefficient (Wildman–Crippen LogP) is 5.58. The summed E-state index contributed by atoms with van der Waals surface area (Å²) in [4.78, 5) is 48.3. The van der Waals surface area contributed by atoms with E-state index in [0.29, 0.717) is 22.6 Å². The number of furan rings is 1. The summed E-state index contributed by atoms with van der Waals surface area (Å²) in [6.07, 6.45) is -1.57. The van der Waals surface area contributed by atoms with Gasteiger partial charge in [0.1, 0.15) is 17.2 Å². The molecule has 7 rings (SSSR count). The van der Waals surface area contributed by atoms with Gasteiger partial charge in [0, 0.05) is 16.5 Å². The van der Waals surface area contributed by atoms with Crippen molar-refractivity contribution in [3.8, 4) is 0 Å². The number of aliphatic imine (C=N–C) groups is 1. The number of carbonyl (C=O) groups excluding carboxylic acids is 3. The van der Waals surface area contributed by atoms with E-state index in [4.69, 9.17) is 4.42 Å². The van der Waals surface area contributed by atoms with Gasteiger partial charge in [-0.2, -0.15) is 0 Å². The standard InChI is InChI=1S/C32H20FN3O4/c33-25-14-6-4-12-23(25)28-24-13-5-7-15-26(24)35(18-20-17-19-9-1-8-16-27(19)40-20)32(39)29(34-28)36-30(37)21-10-2-3-11-22(21)31(36)38/h1-17,29H,18H2. The summed E-state index contributed by atoms with van der Waals surface area (Å²) in [6.45, 7) is 0.00423. The molecule has 5 aromatic rings. The molecule has 1 atom stereocenters. The van der Waals surface area contributed by atoms with Crippen molar-refractivity contribution in [3.05, 3.63) is 137 Å². The third kappa shape index (κ3) is 3.65. The lowest BCUT2D eigenvalue weighted by atomic mass is 9.99. The summed E-state index contributed by atoms with van der Waals surface area (Å²) in [5.41, 5.74) is 2.28. The predicted molar refractivity (Wildman–Crippen MR) is 147 cm³/mol. The third-order valence-corrected chi connectivity index (χ3v) is 7.18. The number of nitrogens with zero attached hydrogens (tertiary/aromatic N) is 3. The van der Waals surface area contributed by atoms with Crippen molar-refractivity contribution < 1.29 is 23.2 Å². The van der Waals surface area contributed by atoms with Gasteiger partial charge in [0.05, 0.1) is 29.1 Å². The van der Waals surface area contributed by atoms with Crippen molar-refractivity contribution in [1.82, 2.24) is 4.90 Å². The van der Waals surface area contributed by atoms with Crippen molar-refractivity contribution in [3.63, 3.8) is 0 Å². The van der Waals surface area contributed by atoms with E-state index < -0.39 is 29.7 Å². The van der Waals surface area contributed by atoms with Gasteiger partial charge in [0.15, 0.2) is 0 Å². The fourth-order valence-corrected chi connectivity index (χ4v) is 5.31. The summed E-state index contributed by atoms with van der Waals surface area (Å²) < 4.78 is 21.2. The van der Waals surface area contributed by atoms with Crippen LogP contribution in [0.15, 0.2) is 113 Å². The first-order valence-corrected chi connectivity index (χ1v) is 12.7. The molecule has 0 saturated carbocycles. The van der Waals surface area contributed by atoms with Crippen LogP contribution in [0.4, 0.5) is 10.1 Å². The molecular formula is C32H20FN3O4. The van der Waals surface area contributed by atoms with Crippen LogP contribution in [0.3, 0.4) is 0 Å². The second kappa shape index (κ2) is 9.13. The highest BCUT2D eigenvalue weighted by molar-refractivity contribution is 6.25. The van der Waals surface area contributed by atoms with E-state index in [1.54, 1.807) is 66.7 Å². The van der Waals surface area contributed by atoms with Gasteiger partial charge >= 0.3 is 0 Å². The highest BCUT2D eigenvalue weighted by Gasteiger charge is 2.46. The van der Waals surface area contributed by atoms with Gasteiger partial charge in [-0.25, -0.2) is 14.3 Å². The summed E-state index contributed by atoms with van der Waals surface area (Å²) >= 11 is 0. The van der Waals surface area contributed by atoms with Crippen molar-refractivity contribution in [2.24, 2.45) is 4.99 Å². The van der Waals surface area contributed by atoms with E-state index in [1.165, 1.54) is 11.0 Å². The first-order valence-electron chi connectivity index (χ1n) is 12.7. The number of fused-ring (bicyclic) bond motifs is 3. The van der Waals surface area contributed by atoms with Gasteiger partial charge < -0.3 is 9.32 Å². The largest absolute Gasteiger partial charge is 0.459 e. The van der Waals surface area contributed by atoms with Crippen molar-refractivity contribution in [2.45, 2.75) is 12.7 Å². The first kappa shape index (κ1) is 23.7. The number of anilines is 1. The van der Waals surface area contributed by atoms with Gasteiger partial charge in [0.2, 0.25) is 6.17 Å². The molecule has 0 aliphatic carbocycles. The molecule has 4 aromatic carbocycles. The number of rotatable bonds is 4. The Morgan fingerprint density at radius 2 is 1.32 bits per heavy atom. The Balaban J connectivity index is 1.42. The fourth-order valence-electron chi connectivity index (χ4n) is 5.31. The van der Waals surface area contributed by atoms with Gasteiger partial charge in [-0.15, -0.1) is 0 Å². The second-order valence-corrected chi connectivity index (χ2v) is 9.55. The monoisotopic (exact) mass is 529 g/mol. The average Bonchev–Trinajstić information content (AvgIpc) is 3.47. The van der Waals surface area contributed by atoms with Crippen LogP contribution in [-0.4, -0.2) is 34.5 Å². The van der Waals surface area contributed by atoms with Crippen molar-refractivity contribution in [1.29, 1.82) is 0 Å². The molecule has 3 amide bonds. The van der Waals surface area contributed by atoms with Crippen LogP contribution >= 0.6 is 0 Å². The van der Waals surface area contributed by atoms with Crippen LogP contribution in [0, 0.1) is 5.82 Å². The lowest BCUT2D eigenvalue weighted by Gasteiger charge is -2.27. The molecule has 0 bridgehead atoms. The van der Waals surface area contributed by atoms with Crippen LogP contribution in [0.25, 0.3) is 11.0 Å². The van der Waals surface area contributed by atoms with Gasteiger partial charge in [-0.3, -0.25) is 14.4 Å². The maximum atomic E-state index is 15.2. The Labute approximate surface area is 227 Å². The van der Waals surface area contributed by atoms with Gasteiger partial charge in [0.25, 0.3) is 17.7 Å². The lowest BCUT2D eigenvalue weighted by Crippen LogP contribution is -2.49. The Morgan fingerprint density at radius 3 is 2.02 bits per heavy atom. The molecule has 0 N–H and O–H groups in total. The summed E-state index contributed by atoms with van der Waals surface area (Å²) in [5, 5.41) is 0.869. The molecule has 0 saturated heterocycles. The summed E-state index contributed by atoms with van der Waals surface area (Å²) in [5.74, 6) is -1.93. The SMILES string of the molecule is O=C1C(N2C(=O)c3ccccc3C2=O)N=C(c2ccccc2F)c2ccccc2N1Cc1cc2ccccc2o1. The fraction of sp³-hybridized carbons (Fsp3) is 0.0625. The molecule has 194 valence electrons. The zero-order valence-electron chi connectivity index (χ0n) is 21.0. The number of benzodiazepines with no additional fused rings is 1. The van der Waals surface area contributed by atoms with Crippen LogP contribution < -0.4 is 4.90 Å². The number of halogens is 1. The Bertz CT molecular complexity index is 1820. The minimum absolute atomic E-state index is 0.00423. The van der Waals surface area contributed by atoms with Crippen molar-refractivity contribution in [2.75, 3.05) is 4.90 Å². The molecule has 3 heterocycles. The molecular weight excluding hydrogens is 509 g/mol. The minimum atomic E-state index is -1.57. The number of amides is 3. The normalized spacial score (nSPS) is 16.7. The van der Waals surface area contributed by atoms with Gasteiger partial charge in [-0.1, -0.05) is 60.7 Å². The molecule has 7 nitrogen and oxygen atoms in total. The topological polar surface area (TPSA) is 83.2 Å². The molecule has 1 aromatic heterocycles. The van der Waals surface area contributed by atoms with Crippen LogP contribution in [0.5, 0.6) is 0 Å². The van der Waals surface area contributed by atoms with E-state index in [0.717, 1.165) is 10.3 Å². The number of carbonyl (C=O) groups is 3. The smallest absolute Gasteiger partial charge is 0.273 e. The lowest BCUT2D eigenvalue weighted by molar-refractivity contribution is -0.122. The van der Waals surface area contributed by atoms with E-state index in [9.17, 15) is 14.4 Å². The van der Waals surface area contributed by atoms with Crippen LogP contribution in [0.1, 0.15) is 37.6 Å². The molecule has 2 aliphatic heterocycles. The highest BCUT2D eigenvalue weighted by atomic mass is 19.1. The quantitative estimate of drug-likeness (QED) is 0.285. The summed E-state index contributed by atoms with van der Waals surface area (Å²) in [6, 6.07) is 28.8. The number of hydrogen-bond acceptors (Lipinski definition) is 5. The highest BCUT2D eigenvalue weighted by Crippen LogP contribution is 2.34. The molecule has 40 heavy (non-hydrogen) atoms. The minimum Gasteiger partial charge on any atom is -0.459 e. The Hall–Kier alpha value is -5.37. The van der Waals surface area contributed by atoms with E-state index in [2.05, 4.69) is 4.99 Å². The Morgan fingerprint density at radius 1 is 0.725 bits per heavy atom. The van der Waals surface area contributed by atoms with E-state index in [1.807, 2.05) is 30.3 Å². The average molecular weight is 530 g/mol. The molecule has 0 spiro atoms. The Kier molecular flexibility index (Phi) is 5.41. The second-order valence-electron chi connectivity index (χ2n) is 9.55. The first-order chi connectivity index (χ1) is 19.5. The zero-order chi connectivity index (χ0) is 27.4. The molecule has 0 radical (unpaired) electrons. The van der Waals surface area contributed by atoms with Crippen LogP contribution in [0.2, 0.25) is 0 Å². The number of benzene rings is 4. The number of imide groups is 1.